The van der Waals surface area contributed by atoms with Gasteiger partial charge in [-0.1, -0.05) is 78.9 Å². The average molecular weight is 524 g/mol. The van der Waals surface area contributed by atoms with E-state index in [1.165, 1.54) is 7.11 Å². The van der Waals surface area contributed by atoms with Crippen LogP contribution < -0.4 is 4.90 Å². The summed E-state index contributed by atoms with van der Waals surface area (Å²) in [5.41, 5.74) is 6.73. The van der Waals surface area contributed by atoms with Crippen molar-refractivity contribution in [2.75, 3.05) is 12.0 Å². The maximum absolute atomic E-state index is 14.0. The fraction of sp³-hybridized carbons (Fsp3) is 0.0294. The molecule has 0 saturated heterocycles. The van der Waals surface area contributed by atoms with E-state index < -0.39 is 5.97 Å². The summed E-state index contributed by atoms with van der Waals surface area (Å²) in [5.74, 6) is -0.598. The van der Waals surface area contributed by atoms with E-state index in [9.17, 15) is 9.59 Å². The van der Waals surface area contributed by atoms with Gasteiger partial charge in [0.25, 0.3) is 5.91 Å². The number of aromatic nitrogens is 2. The average Bonchev–Trinajstić information content (AvgIpc) is 3.59. The summed E-state index contributed by atoms with van der Waals surface area (Å²) in [6.07, 6.45) is 5.74. The number of nitrogens with zero attached hydrogens (tertiary/aromatic N) is 3. The lowest BCUT2D eigenvalue weighted by Crippen LogP contribution is -2.25. The number of rotatable bonds is 6. The highest BCUT2D eigenvalue weighted by molar-refractivity contribution is 6.23. The zero-order chi connectivity index (χ0) is 27.5. The maximum atomic E-state index is 14.0. The van der Waals surface area contributed by atoms with Gasteiger partial charge in [0.1, 0.15) is 0 Å². The Labute approximate surface area is 232 Å². The number of benzene rings is 4. The predicted molar refractivity (Wildman–Crippen MR) is 157 cm³/mol. The number of anilines is 1. The minimum absolute atomic E-state index is 0.170. The fourth-order valence-electron chi connectivity index (χ4n) is 4.75. The molecule has 6 rings (SSSR count). The van der Waals surface area contributed by atoms with Crippen LogP contribution in [0.15, 0.2) is 133 Å². The van der Waals surface area contributed by atoms with Crippen molar-refractivity contribution in [2.24, 2.45) is 0 Å². The van der Waals surface area contributed by atoms with Gasteiger partial charge < -0.3 is 4.74 Å². The minimum atomic E-state index is -0.428. The molecule has 2 heterocycles. The first-order valence-corrected chi connectivity index (χ1v) is 12.8. The van der Waals surface area contributed by atoms with Crippen LogP contribution in [0.4, 0.5) is 5.69 Å². The summed E-state index contributed by atoms with van der Waals surface area (Å²) in [7, 11) is 1.34. The molecule has 0 radical (unpaired) electrons. The second kappa shape index (κ2) is 10.7. The molecule has 0 atom stereocenters. The van der Waals surface area contributed by atoms with Gasteiger partial charge in [-0.3, -0.25) is 9.69 Å². The molecule has 194 valence electrons. The standard InChI is InChI=1S/C34H25N3O3/c1-40-34(39)26-17-19-30(20-18-26)37-31(24-11-5-2-6-12-24)22-27(33(37)38)21-28-23-36(29-15-9-4-10-16-29)35-32(28)25-13-7-3-8-14-25/h2-23H,1H3/b27-21+. The van der Waals surface area contributed by atoms with Crippen LogP contribution in [0, 0.1) is 0 Å². The quantitative estimate of drug-likeness (QED) is 0.181. The number of ether oxygens (including phenoxy) is 1. The van der Waals surface area contributed by atoms with Gasteiger partial charge in [-0.2, -0.15) is 5.10 Å². The maximum Gasteiger partial charge on any atom is 0.337 e. The molecule has 1 aromatic heterocycles. The molecular formula is C34H25N3O3. The molecule has 1 amide bonds. The smallest absolute Gasteiger partial charge is 0.337 e. The van der Waals surface area contributed by atoms with Crippen molar-refractivity contribution in [3.05, 3.63) is 150 Å². The van der Waals surface area contributed by atoms with Gasteiger partial charge in [0.15, 0.2) is 0 Å². The van der Waals surface area contributed by atoms with Gasteiger partial charge in [-0.25, -0.2) is 9.48 Å². The number of methoxy groups -OCH3 is 1. The van der Waals surface area contributed by atoms with Crippen LogP contribution in [0.5, 0.6) is 0 Å². The van der Waals surface area contributed by atoms with Gasteiger partial charge >= 0.3 is 5.97 Å². The van der Waals surface area contributed by atoms with Crippen LogP contribution in [0.2, 0.25) is 0 Å². The van der Waals surface area contributed by atoms with Crippen LogP contribution in [0.25, 0.3) is 28.7 Å². The number of carbonyl (C=O) groups is 2. The molecule has 1 aliphatic rings. The first-order valence-electron chi connectivity index (χ1n) is 12.8. The zero-order valence-corrected chi connectivity index (χ0v) is 21.8. The molecule has 0 aliphatic carbocycles. The first kappa shape index (κ1) is 24.8. The van der Waals surface area contributed by atoms with Crippen molar-refractivity contribution in [1.82, 2.24) is 9.78 Å². The van der Waals surface area contributed by atoms with Crippen LogP contribution in [0.3, 0.4) is 0 Å². The summed E-state index contributed by atoms with van der Waals surface area (Å²) >= 11 is 0. The lowest BCUT2D eigenvalue weighted by atomic mass is 10.1. The third kappa shape index (κ3) is 4.74. The molecule has 40 heavy (non-hydrogen) atoms. The Morgan fingerprint density at radius 3 is 1.98 bits per heavy atom. The Bertz CT molecular complexity index is 1740. The molecule has 1 aliphatic heterocycles. The van der Waals surface area contributed by atoms with Crippen LogP contribution >= 0.6 is 0 Å². The van der Waals surface area contributed by atoms with Gasteiger partial charge in [-0.05, 0) is 54.1 Å². The Balaban J connectivity index is 1.47. The van der Waals surface area contributed by atoms with E-state index in [2.05, 4.69) is 0 Å². The highest BCUT2D eigenvalue weighted by Crippen LogP contribution is 2.36. The van der Waals surface area contributed by atoms with E-state index in [1.807, 2.05) is 114 Å². The number of amides is 1. The largest absolute Gasteiger partial charge is 0.465 e. The van der Waals surface area contributed by atoms with Crippen molar-refractivity contribution in [1.29, 1.82) is 0 Å². The van der Waals surface area contributed by atoms with Crippen molar-refractivity contribution < 1.29 is 14.3 Å². The molecule has 0 saturated carbocycles. The molecule has 5 aromatic rings. The number of hydrogen-bond acceptors (Lipinski definition) is 4. The van der Waals surface area contributed by atoms with Crippen LogP contribution in [-0.2, 0) is 9.53 Å². The minimum Gasteiger partial charge on any atom is -0.465 e. The third-order valence-corrected chi connectivity index (χ3v) is 6.72. The van der Waals surface area contributed by atoms with Gasteiger partial charge in [0.05, 0.1) is 29.8 Å². The van der Waals surface area contributed by atoms with Crippen molar-refractivity contribution in [3.8, 4) is 16.9 Å². The highest BCUT2D eigenvalue weighted by atomic mass is 16.5. The molecule has 6 nitrogen and oxygen atoms in total. The number of hydrogen-bond donors (Lipinski definition) is 0. The van der Waals surface area contributed by atoms with Gasteiger partial charge in [0.2, 0.25) is 0 Å². The monoisotopic (exact) mass is 523 g/mol. The summed E-state index contributed by atoms with van der Waals surface area (Å²) in [6.45, 7) is 0. The molecule has 4 aromatic carbocycles. The summed E-state index contributed by atoms with van der Waals surface area (Å²) in [6, 6.07) is 36.4. The molecular weight excluding hydrogens is 498 g/mol. The Kier molecular flexibility index (Phi) is 6.65. The van der Waals surface area contributed by atoms with E-state index >= 15 is 0 Å². The molecule has 6 heteroatoms. The van der Waals surface area contributed by atoms with E-state index in [0.717, 1.165) is 33.8 Å². The Hall–Kier alpha value is -5.49. The number of para-hydroxylation sites is 1. The molecule has 0 bridgehead atoms. The highest BCUT2D eigenvalue weighted by Gasteiger charge is 2.31. The van der Waals surface area contributed by atoms with E-state index in [0.29, 0.717) is 16.8 Å². The lowest BCUT2D eigenvalue weighted by Gasteiger charge is -2.21. The summed E-state index contributed by atoms with van der Waals surface area (Å²) in [5, 5.41) is 4.89. The summed E-state index contributed by atoms with van der Waals surface area (Å²) in [4.78, 5) is 27.6. The molecule has 0 unspecified atom stereocenters. The van der Waals surface area contributed by atoms with Crippen LogP contribution in [-0.4, -0.2) is 28.8 Å². The lowest BCUT2D eigenvalue weighted by molar-refractivity contribution is -0.113. The van der Waals surface area contributed by atoms with Gasteiger partial charge in [0, 0.05) is 28.6 Å². The van der Waals surface area contributed by atoms with Gasteiger partial charge in [-0.15, -0.1) is 0 Å². The Morgan fingerprint density at radius 2 is 1.35 bits per heavy atom. The molecule has 0 fully saturated rings. The van der Waals surface area contributed by atoms with Crippen molar-refractivity contribution >= 4 is 29.3 Å². The SMILES string of the molecule is COC(=O)c1ccc(N2C(=O)/C(=C/c3cn(-c4ccccc4)nc3-c3ccccc3)C=C2c2ccccc2)cc1. The Morgan fingerprint density at radius 1 is 0.750 bits per heavy atom. The zero-order valence-electron chi connectivity index (χ0n) is 21.8. The second-order valence-corrected chi connectivity index (χ2v) is 9.25. The third-order valence-electron chi connectivity index (χ3n) is 6.72. The predicted octanol–water partition coefficient (Wildman–Crippen LogP) is 6.80. The molecule has 0 spiro atoms. The fourth-order valence-corrected chi connectivity index (χ4v) is 4.75. The number of carbonyl (C=O) groups excluding carboxylic acids is 2. The molecule has 0 N–H and O–H groups in total. The number of esters is 1. The second-order valence-electron chi connectivity index (χ2n) is 9.25. The summed E-state index contributed by atoms with van der Waals surface area (Å²) < 4.78 is 6.66. The van der Waals surface area contributed by atoms with E-state index in [1.54, 1.807) is 29.2 Å². The first-order chi connectivity index (χ1) is 19.6. The van der Waals surface area contributed by atoms with E-state index in [-0.39, 0.29) is 5.91 Å². The van der Waals surface area contributed by atoms with Crippen LogP contribution in [0.1, 0.15) is 21.5 Å². The topological polar surface area (TPSA) is 64.4 Å². The van der Waals surface area contributed by atoms with Crippen molar-refractivity contribution in [3.63, 3.8) is 0 Å². The van der Waals surface area contributed by atoms with Crippen molar-refractivity contribution in [2.45, 2.75) is 0 Å². The van der Waals surface area contributed by atoms with E-state index in [4.69, 9.17) is 9.84 Å². The normalized spacial score (nSPS) is 13.9.